The second-order valence-corrected chi connectivity index (χ2v) is 2.38. The Morgan fingerprint density at radius 1 is 0.636 bits per heavy atom. The maximum Gasteiger partial charge on any atom is 0.0777 e. The van der Waals surface area contributed by atoms with Gasteiger partial charge < -0.3 is 0 Å². The molecule has 11 heteroatoms. The van der Waals surface area contributed by atoms with Gasteiger partial charge in [-0.25, -0.2) is 0 Å². The summed E-state index contributed by atoms with van der Waals surface area (Å²) < 4.78 is 65.4. The molecular weight excluding hydrogens is 255 g/mol. The Hall–Kier alpha value is 0.779. The Balaban J connectivity index is -0.000000107. The van der Waals surface area contributed by atoms with Gasteiger partial charge in [0.2, 0.25) is 0 Å². The van der Waals surface area contributed by atoms with Crippen LogP contribution in [0.4, 0.5) is 0 Å². The zero-order chi connectivity index (χ0) is 9.00. The third-order valence-corrected chi connectivity index (χ3v) is 0. The van der Waals surface area contributed by atoms with Gasteiger partial charge >= 0.3 is 0 Å². The molecule has 72 valence electrons. The van der Waals surface area contributed by atoms with Gasteiger partial charge in [-0.2, -0.15) is 28.0 Å². The molecule has 0 aliphatic heterocycles. The Bertz CT molecular complexity index is 55.1. The molecule has 0 heterocycles. The second kappa shape index (κ2) is 6.31. The molecule has 0 aliphatic carbocycles. The summed E-state index contributed by atoms with van der Waals surface area (Å²) >= 11 is 0. The van der Waals surface area contributed by atoms with E-state index >= 15 is 0 Å². The largest absolute Gasteiger partial charge is 0.183 e. The fourth-order valence-electron chi connectivity index (χ4n) is 0. The van der Waals surface area contributed by atoms with E-state index in [1.807, 2.05) is 0 Å². The fourth-order valence-corrected chi connectivity index (χ4v) is 0. The second-order valence-electron chi connectivity index (χ2n) is 0.792. The van der Waals surface area contributed by atoms with Crippen molar-refractivity contribution in [2.75, 3.05) is 0 Å². The van der Waals surface area contributed by atoms with Crippen molar-refractivity contribution in [3.05, 3.63) is 0 Å². The first-order chi connectivity index (χ1) is 4.00. The molecule has 0 rings (SSSR count). The van der Waals surface area contributed by atoms with E-state index in [-0.39, 0.29) is 17.1 Å². The van der Waals surface area contributed by atoms with Crippen molar-refractivity contribution in [1.29, 1.82) is 0 Å². The molecule has 0 aromatic heterocycles. The van der Waals surface area contributed by atoms with Crippen molar-refractivity contribution in [2.24, 2.45) is 0 Å². The van der Waals surface area contributed by atoms with E-state index in [0.29, 0.717) is 0 Å². The summed E-state index contributed by atoms with van der Waals surface area (Å²) in [6.07, 6.45) is 0. The van der Waals surface area contributed by atoms with Gasteiger partial charge in [0.25, 0.3) is 0 Å². The maximum atomic E-state index is 8.60. The molecule has 0 aliphatic rings. The van der Waals surface area contributed by atoms with Crippen molar-refractivity contribution < 1.29 is 74.8 Å². The van der Waals surface area contributed by atoms with Gasteiger partial charge in [0, 0.05) is 17.1 Å². The monoisotopic (exact) mass is 256 g/mol. The zero-order valence-corrected chi connectivity index (χ0v) is 7.07. The standard InChI is InChI=1S/2ClHO4.Fe/c2*2-1(3,4)5;/h2*(H,2,3,4,5);. The first-order valence-corrected chi connectivity index (χ1v) is 3.79. The van der Waals surface area contributed by atoms with Crippen molar-refractivity contribution in [2.45, 2.75) is 0 Å². The Labute approximate surface area is 75.3 Å². The number of rotatable bonds is 0. The molecule has 0 aromatic rings. The Morgan fingerprint density at radius 2 is 0.636 bits per heavy atom. The van der Waals surface area contributed by atoms with Crippen molar-refractivity contribution in [3.8, 4) is 0 Å². The summed E-state index contributed by atoms with van der Waals surface area (Å²) in [4.78, 5) is 0. The van der Waals surface area contributed by atoms with Crippen LogP contribution in [0.15, 0.2) is 0 Å². The smallest absolute Gasteiger partial charge is 0.0777 e. The van der Waals surface area contributed by atoms with Crippen LogP contribution in [-0.4, -0.2) is 9.32 Å². The molecule has 0 radical (unpaired) electrons. The minimum absolute atomic E-state index is 0. The van der Waals surface area contributed by atoms with E-state index in [0.717, 1.165) is 0 Å². The summed E-state index contributed by atoms with van der Waals surface area (Å²) in [5.41, 5.74) is 0. The topological polar surface area (TPSA) is 179 Å². The summed E-state index contributed by atoms with van der Waals surface area (Å²) in [5, 5.41) is 0. The van der Waals surface area contributed by atoms with Gasteiger partial charge in [-0.05, 0) is 0 Å². The van der Waals surface area contributed by atoms with E-state index in [4.69, 9.17) is 37.3 Å². The zero-order valence-electron chi connectivity index (χ0n) is 4.45. The third-order valence-electron chi connectivity index (χ3n) is 0. The van der Waals surface area contributed by atoms with Gasteiger partial charge in [0.15, 0.2) is 0 Å². The molecule has 0 aromatic carbocycles. The Morgan fingerprint density at radius 3 is 0.636 bits per heavy atom. The van der Waals surface area contributed by atoms with E-state index in [1.54, 1.807) is 0 Å². The quantitative estimate of drug-likeness (QED) is 0.401. The predicted molar refractivity (Wildman–Crippen MR) is 4.44 cm³/mol. The van der Waals surface area contributed by atoms with Crippen LogP contribution in [-0.2, 0) is 17.1 Å². The van der Waals surface area contributed by atoms with Crippen molar-refractivity contribution in [3.63, 3.8) is 0 Å². The van der Waals surface area contributed by atoms with Crippen LogP contribution in [0.1, 0.15) is 0 Å². The van der Waals surface area contributed by atoms with Crippen molar-refractivity contribution >= 4 is 0 Å². The van der Waals surface area contributed by atoms with Crippen LogP contribution in [0.2, 0.25) is 0 Å². The van der Waals surface area contributed by atoms with Gasteiger partial charge in [0.1, 0.15) is 0 Å². The molecule has 0 saturated heterocycles. The molecular formula is H2Cl2FeO8. The Kier molecular flexibility index (Phi) is 10.2. The van der Waals surface area contributed by atoms with Crippen LogP contribution in [0.25, 0.3) is 0 Å². The average Bonchev–Trinajstić information content (AvgIpc) is 1.12. The fraction of sp³-hybridized carbons (Fsp3) is 0. The van der Waals surface area contributed by atoms with Crippen LogP contribution in [0.3, 0.4) is 0 Å². The number of halogens is 2. The van der Waals surface area contributed by atoms with Gasteiger partial charge in [-0.15, -0.1) is 0 Å². The first-order valence-electron chi connectivity index (χ1n) is 1.26. The summed E-state index contributed by atoms with van der Waals surface area (Å²) in [7, 11) is -9.39. The molecule has 0 fully saturated rings. The molecule has 0 spiro atoms. The van der Waals surface area contributed by atoms with E-state index in [2.05, 4.69) is 0 Å². The molecule has 8 nitrogen and oxygen atoms in total. The summed E-state index contributed by atoms with van der Waals surface area (Å²) in [6.45, 7) is 0. The molecule has 0 unspecified atom stereocenters. The molecule has 0 atom stereocenters. The summed E-state index contributed by atoms with van der Waals surface area (Å²) in [6, 6.07) is 0. The van der Waals surface area contributed by atoms with E-state index < -0.39 is 20.5 Å². The SMILES string of the molecule is [Fe].[O-][Cl+3]([O-])([O-])O.[O-][Cl+3]([O-])([O-])O. The van der Waals surface area contributed by atoms with Crippen molar-refractivity contribution in [1.82, 2.24) is 0 Å². The normalized spacial score (nSPS) is 10.9. The van der Waals surface area contributed by atoms with E-state index in [1.165, 1.54) is 0 Å². The maximum absolute atomic E-state index is 8.60. The summed E-state index contributed by atoms with van der Waals surface area (Å²) in [5.74, 6) is 0. The van der Waals surface area contributed by atoms with Gasteiger partial charge in [0.05, 0.1) is 29.8 Å². The first kappa shape index (κ1) is 17.8. The number of hydrogen-bond donors (Lipinski definition) is 2. The molecule has 2 N–H and O–H groups in total. The minimum Gasteiger partial charge on any atom is -0.183 e. The van der Waals surface area contributed by atoms with Crippen LogP contribution >= 0.6 is 0 Å². The molecule has 11 heavy (non-hydrogen) atoms. The van der Waals surface area contributed by atoms with Gasteiger partial charge in [-0.3, -0.25) is 0 Å². The van der Waals surface area contributed by atoms with Crippen LogP contribution < -0.4 is 28.0 Å². The molecule has 0 saturated carbocycles. The van der Waals surface area contributed by atoms with Crippen LogP contribution in [0, 0.1) is 20.5 Å². The molecule has 0 bridgehead atoms. The van der Waals surface area contributed by atoms with Crippen LogP contribution in [0.5, 0.6) is 0 Å². The minimum atomic E-state index is -4.69. The molecule has 0 amide bonds. The van der Waals surface area contributed by atoms with Gasteiger partial charge in [-0.1, -0.05) is 0 Å². The third kappa shape index (κ3) is 1370. The number of hydrogen-bond acceptors (Lipinski definition) is 8. The average molecular weight is 257 g/mol. The predicted octanol–water partition coefficient (Wildman–Crippen LogP) is -8.25. The van der Waals surface area contributed by atoms with E-state index in [9.17, 15) is 0 Å².